The summed E-state index contributed by atoms with van der Waals surface area (Å²) < 4.78 is 6.66. The fourth-order valence-corrected chi connectivity index (χ4v) is 3.62. The molecule has 3 rings (SSSR count). The van der Waals surface area contributed by atoms with E-state index < -0.39 is 0 Å². The molecule has 1 atom stereocenters. The van der Waals surface area contributed by atoms with Gasteiger partial charge in [0.05, 0.1) is 0 Å². The van der Waals surface area contributed by atoms with E-state index in [4.69, 9.17) is 16.1 Å². The number of aromatic nitrogens is 3. The number of nitrogens with zero attached hydrogens (tertiary/aromatic N) is 4. The molecule has 0 radical (unpaired) electrons. The Labute approximate surface area is 165 Å². The van der Waals surface area contributed by atoms with Gasteiger partial charge in [-0.1, -0.05) is 30.6 Å². The van der Waals surface area contributed by atoms with Crippen LogP contribution in [0.1, 0.15) is 49.2 Å². The number of rotatable bonds is 6. The van der Waals surface area contributed by atoms with Crippen LogP contribution < -0.4 is 5.32 Å². The molecule has 1 amide bonds. The Morgan fingerprint density at radius 1 is 1.48 bits per heavy atom. The maximum atomic E-state index is 13.3. The van der Waals surface area contributed by atoms with Crippen LogP contribution in [0.2, 0.25) is 5.15 Å². The third-order valence-corrected chi connectivity index (χ3v) is 5.36. The lowest BCUT2D eigenvalue weighted by atomic mass is 10.0. The Morgan fingerprint density at radius 2 is 2.26 bits per heavy atom. The number of carbonyl (C=O) groups excluding carboxylic acids is 1. The van der Waals surface area contributed by atoms with Crippen LogP contribution in [0.5, 0.6) is 0 Å². The predicted molar refractivity (Wildman–Crippen MR) is 105 cm³/mol. The molecule has 2 aromatic rings. The van der Waals surface area contributed by atoms with Crippen molar-refractivity contribution in [1.29, 1.82) is 0 Å². The van der Waals surface area contributed by atoms with Gasteiger partial charge in [-0.05, 0) is 38.6 Å². The van der Waals surface area contributed by atoms with E-state index in [0.717, 1.165) is 32.4 Å². The van der Waals surface area contributed by atoms with Crippen molar-refractivity contribution in [3.8, 4) is 11.4 Å². The van der Waals surface area contributed by atoms with Gasteiger partial charge in [0, 0.05) is 32.2 Å². The highest BCUT2D eigenvalue weighted by Crippen LogP contribution is 2.30. The Hall–Kier alpha value is -1.86. The number of piperidine rings is 1. The van der Waals surface area contributed by atoms with E-state index in [2.05, 4.69) is 29.4 Å². The SMILES string of the molecule is Cc1cc(-c2nn(C)c(Cl)c2C(=O)N2CCC[C@H](NCCC(C)C)C2)no1. The van der Waals surface area contributed by atoms with Crippen molar-refractivity contribution in [3.05, 3.63) is 22.5 Å². The van der Waals surface area contributed by atoms with Crippen molar-refractivity contribution in [3.63, 3.8) is 0 Å². The molecule has 0 saturated carbocycles. The number of carbonyl (C=O) groups is 1. The molecule has 0 unspecified atom stereocenters. The first-order valence-corrected chi connectivity index (χ1v) is 9.93. The molecule has 27 heavy (non-hydrogen) atoms. The average molecular weight is 394 g/mol. The van der Waals surface area contributed by atoms with E-state index in [9.17, 15) is 4.79 Å². The fraction of sp³-hybridized carbons (Fsp3) is 0.632. The van der Waals surface area contributed by atoms with Gasteiger partial charge in [0.25, 0.3) is 5.91 Å². The minimum Gasteiger partial charge on any atom is -0.361 e. The molecular weight excluding hydrogens is 366 g/mol. The summed E-state index contributed by atoms with van der Waals surface area (Å²) in [6.45, 7) is 8.62. The highest BCUT2D eigenvalue weighted by atomic mass is 35.5. The van der Waals surface area contributed by atoms with Gasteiger partial charge in [-0.25, -0.2) is 0 Å². The van der Waals surface area contributed by atoms with Crippen LogP contribution in [0.15, 0.2) is 10.6 Å². The Bertz CT molecular complexity index is 798. The summed E-state index contributed by atoms with van der Waals surface area (Å²) in [5.41, 5.74) is 1.40. The first-order chi connectivity index (χ1) is 12.9. The van der Waals surface area contributed by atoms with Crippen molar-refractivity contribution >= 4 is 17.5 Å². The third kappa shape index (κ3) is 4.52. The van der Waals surface area contributed by atoms with Crippen molar-refractivity contribution in [1.82, 2.24) is 25.2 Å². The van der Waals surface area contributed by atoms with Crippen LogP contribution in [0, 0.1) is 12.8 Å². The number of hydrogen-bond donors (Lipinski definition) is 1. The summed E-state index contributed by atoms with van der Waals surface area (Å²) in [5.74, 6) is 1.23. The topological polar surface area (TPSA) is 76.2 Å². The quantitative estimate of drug-likeness (QED) is 0.815. The second-order valence-corrected chi connectivity index (χ2v) is 8.05. The Morgan fingerprint density at radius 3 is 2.93 bits per heavy atom. The zero-order chi connectivity index (χ0) is 19.6. The second kappa shape index (κ2) is 8.44. The molecule has 0 aromatic carbocycles. The first kappa shape index (κ1) is 19.9. The minimum absolute atomic E-state index is 0.0980. The molecular formula is C19H28ClN5O2. The Balaban J connectivity index is 1.77. The summed E-state index contributed by atoms with van der Waals surface area (Å²) >= 11 is 6.42. The summed E-state index contributed by atoms with van der Waals surface area (Å²) in [4.78, 5) is 15.1. The number of aryl methyl sites for hydroxylation is 2. The average Bonchev–Trinajstić information content (AvgIpc) is 3.18. The number of halogens is 1. The molecule has 8 heteroatoms. The lowest BCUT2D eigenvalue weighted by molar-refractivity contribution is 0.0695. The molecule has 0 aliphatic carbocycles. The molecule has 2 aromatic heterocycles. The van der Waals surface area contributed by atoms with Crippen LogP contribution in [-0.2, 0) is 7.05 Å². The molecule has 3 heterocycles. The molecule has 1 fully saturated rings. The molecule has 0 spiro atoms. The van der Waals surface area contributed by atoms with Crippen molar-refractivity contribution in [2.45, 2.75) is 46.1 Å². The van der Waals surface area contributed by atoms with Gasteiger partial charge in [-0.3, -0.25) is 9.48 Å². The number of likely N-dealkylation sites (tertiary alicyclic amines) is 1. The van der Waals surface area contributed by atoms with Crippen molar-refractivity contribution < 1.29 is 9.32 Å². The van der Waals surface area contributed by atoms with Gasteiger partial charge < -0.3 is 14.7 Å². The van der Waals surface area contributed by atoms with Crippen LogP contribution in [0.3, 0.4) is 0 Å². The Kier molecular flexibility index (Phi) is 6.22. The number of hydrogen-bond acceptors (Lipinski definition) is 5. The minimum atomic E-state index is -0.0980. The highest BCUT2D eigenvalue weighted by molar-refractivity contribution is 6.33. The lowest BCUT2D eigenvalue weighted by Crippen LogP contribution is -2.48. The normalized spacial score (nSPS) is 17.7. The molecule has 7 nitrogen and oxygen atoms in total. The van der Waals surface area contributed by atoms with E-state index >= 15 is 0 Å². The summed E-state index contributed by atoms with van der Waals surface area (Å²) in [5, 5.41) is 12.3. The van der Waals surface area contributed by atoms with Gasteiger partial charge in [0.1, 0.15) is 27.9 Å². The summed E-state index contributed by atoms with van der Waals surface area (Å²) in [6.07, 6.45) is 3.19. The summed E-state index contributed by atoms with van der Waals surface area (Å²) in [6, 6.07) is 2.08. The van der Waals surface area contributed by atoms with Crippen molar-refractivity contribution in [2.24, 2.45) is 13.0 Å². The van der Waals surface area contributed by atoms with E-state index in [1.165, 1.54) is 4.68 Å². The zero-order valence-corrected chi connectivity index (χ0v) is 17.2. The maximum absolute atomic E-state index is 13.3. The van der Waals surface area contributed by atoms with Gasteiger partial charge in [-0.15, -0.1) is 0 Å². The molecule has 148 valence electrons. The van der Waals surface area contributed by atoms with E-state index in [-0.39, 0.29) is 5.91 Å². The first-order valence-electron chi connectivity index (χ1n) is 9.55. The molecule has 1 aliphatic rings. The van der Waals surface area contributed by atoms with Crippen LogP contribution in [0.25, 0.3) is 11.4 Å². The monoisotopic (exact) mass is 393 g/mol. The van der Waals surface area contributed by atoms with Gasteiger partial charge in [-0.2, -0.15) is 5.10 Å². The van der Waals surface area contributed by atoms with Crippen LogP contribution >= 0.6 is 11.6 Å². The number of amides is 1. The maximum Gasteiger partial charge on any atom is 0.259 e. The molecule has 1 aliphatic heterocycles. The second-order valence-electron chi connectivity index (χ2n) is 7.69. The standard InChI is InChI=1S/C19H28ClN5O2/c1-12(2)7-8-21-14-6-5-9-25(11-14)19(26)16-17(22-24(4)18(16)20)15-10-13(3)27-23-15/h10,12,14,21H,5-9,11H2,1-4H3/t14-/m0/s1. The van der Waals surface area contributed by atoms with Crippen molar-refractivity contribution in [2.75, 3.05) is 19.6 Å². The summed E-state index contributed by atoms with van der Waals surface area (Å²) in [7, 11) is 1.72. The molecule has 0 bridgehead atoms. The van der Waals surface area contributed by atoms with Gasteiger partial charge in [0.15, 0.2) is 0 Å². The largest absolute Gasteiger partial charge is 0.361 e. The highest BCUT2D eigenvalue weighted by Gasteiger charge is 2.31. The van der Waals surface area contributed by atoms with E-state index in [0.29, 0.717) is 46.4 Å². The van der Waals surface area contributed by atoms with Crippen LogP contribution in [0.4, 0.5) is 0 Å². The smallest absolute Gasteiger partial charge is 0.259 e. The van der Waals surface area contributed by atoms with Gasteiger partial charge in [0.2, 0.25) is 0 Å². The zero-order valence-electron chi connectivity index (χ0n) is 16.5. The lowest BCUT2D eigenvalue weighted by Gasteiger charge is -2.33. The van der Waals surface area contributed by atoms with E-state index in [1.807, 2.05) is 4.90 Å². The number of nitrogens with one attached hydrogen (secondary N) is 1. The predicted octanol–water partition coefficient (Wildman–Crippen LogP) is 3.28. The van der Waals surface area contributed by atoms with Gasteiger partial charge >= 0.3 is 0 Å². The van der Waals surface area contributed by atoms with Crippen LogP contribution in [-0.4, -0.2) is 51.4 Å². The molecule has 1 saturated heterocycles. The molecule has 1 N–H and O–H groups in total. The fourth-order valence-electron chi connectivity index (χ4n) is 3.41. The third-order valence-electron chi connectivity index (χ3n) is 4.92. The van der Waals surface area contributed by atoms with E-state index in [1.54, 1.807) is 20.0 Å².